The van der Waals surface area contributed by atoms with Gasteiger partial charge in [-0.2, -0.15) is 0 Å². The molecule has 2 saturated heterocycles. The van der Waals surface area contributed by atoms with E-state index in [-0.39, 0.29) is 12.7 Å². The first-order valence-electron chi connectivity index (χ1n) is 8.57. The minimum Gasteiger partial charge on any atom is -0.499 e. The largest absolute Gasteiger partial charge is 0.499 e. The number of ether oxygens (including phenoxy) is 5. The van der Waals surface area contributed by atoms with Crippen molar-refractivity contribution in [2.75, 3.05) is 6.61 Å². The van der Waals surface area contributed by atoms with Gasteiger partial charge in [0.25, 0.3) is 0 Å². The molecule has 2 fully saturated rings. The summed E-state index contributed by atoms with van der Waals surface area (Å²) in [7, 11) is 0. The number of rotatable bonds is 7. The quantitative estimate of drug-likeness (QED) is 0.762. The predicted octanol–water partition coefficient (Wildman–Crippen LogP) is 2.36. The van der Waals surface area contributed by atoms with E-state index in [0.717, 1.165) is 5.56 Å². The van der Waals surface area contributed by atoms with E-state index in [1.54, 1.807) is 6.08 Å². The summed E-state index contributed by atoms with van der Waals surface area (Å²) >= 11 is 0. The Labute approximate surface area is 148 Å². The van der Waals surface area contributed by atoms with Gasteiger partial charge in [0.15, 0.2) is 12.1 Å². The van der Waals surface area contributed by atoms with Crippen molar-refractivity contribution in [1.82, 2.24) is 0 Å². The molecule has 6 nitrogen and oxygen atoms in total. The van der Waals surface area contributed by atoms with Gasteiger partial charge in [-0.3, -0.25) is 0 Å². The Morgan fingerprint density at radius 2 is 2.00 bits per heavy atom. The highest BCUT2D eigenvalue weighted by molar-refractivity contribution is 5.13. The maximum Gasteiger partial charge on any atom is 0.190 e. The second-order valence-electron chi connectivity index (χ2n) is 6.70. The van der Waals surface area contributed by atoms with Crippen LogP contribution < -0.4 is 0 Å². The van der Waals surface area contributed by atoms with E-state index < -0.39 is 30.4 Å². The van der Waals surface area contributed by atoms with E-state index in [1.165, 1.54) is 6.26 Å². The zero-order valence-corrected chi connectivity index (χ0v) is 14.8. The van der Waals surface area contributed by atoms with Gasteiger partial charge in [-0.05, 0) is 26.3 Å². The van der Waals surface area contributed by atoms with Crippen molar-refractivity contribution in [2.45, 2.75) is 63.9 Å². The van der Waals surface area contributed by atoms with Crippen LogP contribution in [0.4, 0.5) is 0 Å². The van der Waals surface area contributed by atoms with Crippen molar-refractivity contribution >= 4 is 0 Å². The molecule has 1 aromatic rings. The normalized spacial score (nSPS) is 32.0. The van der Waals surface area contributed by atoms with Crippen LogP contribution in [0.5, 0.6) is 0 Å². The van der Waals surface area contributed by atoms with Gasteiger partial charge in [0.05, 0.1) is 12.9 Å². The lowest BCUT2D eigenvalue weighted by Gasteiger charge is -2.28. The zero-order chi connectivity index (χ0) is 17.9. The van der Waals surface area contributed by atoms with Crippen molar-refractivity contribution in [1.29, 1.82) is 0 Å². The highest BCUT2D eigenvalue weighted by atomic mass is 16.8. The lowest BCUT2D eigenvalue weighted by atomic mass is 10.1. The summed E-state index contributed by atoms with van der Waals surface area (Å²) < 4.78 is 29.0. The topological polar surface area (TPSA) is 66.4 Å². The van der Waals surface area contributed by atoms with Crippen molar-refractivity contribution in [3.8, 4) is 0 Å². The Balaban J connectivity index is 1.68. The molecule has 0 aromatic heterocycles. The van der Waals surface area contributed by atoms with Crippen molar-refractivity contribution < 1.29 is 28.8 Å². The Morgan fingerprint density at radius 3 is 2.72 bits per heavy atom. The second kappa shape index (κ2) is 7.85. The fourth-order valence-corrected chi connectivity index (χ4v) is 3.12. The molecule has 0 spiro atoms. The third-order valence-corrected chi connectivity index (χ3v) is 4.19. The molecule has 1 N–H and O–H groups in total. The van der Waals surface area contributed by atoms with Gasteiger partial charge in [0.1, 0.15) is 31.0 Å². The van der Waals surface area contributed by atoms with Gasteiger partial charge in [-0.25, -0.2) is 0 Å². The molecule has 0 unspecified atom stereocenters. The molecule has 0 bridgehead atoms. The van der Waals surface area contributed by atoms with Gasteiger partial charge in [0.2, 0.25) is 0 Å². The van der Waals surface area contributed by atoms with E-state index in [0.29, 0.717) is 6.61 Å². The number of benzene rings is 1. The Kier molecular flexibility index (Phi) is 5.76. The minimum atomic E-state index is -0.849. The molecule has 2 aliphatic rings. The second-order valence-corrected chi connectivity index (χ2v) is 6.70. The summed E-state index contributed by atoms with van der Waals surface area (Å²) in [6, 6.07) is 9.86. The molecule has 0 radical (unpaired) electrons. The number of hydrogen-bond acceptors (Lipinski definition) is 6. The zero-order valence-electron chi connectivity index (χ0n) is 14.8. The Morgan fingerprint density at radius 1 is 1.24 bits per heavy atom. The molecular formula is C19H26O6. The lowest BCUT2D eigenvalue weighted by molar-refractivity contribution is -0.232. The molecule has 0 amide bonds. The molecule has 25 heavy (non-hydrogen) atoms. The lowest BCUT2D eigenvalue weighted by Crippen LogP contribution is -2.44. The molecule has 6 heteroatoms. The van der Waals surface area contributed by atoms with Gasteiger partial charge in [0, 0.05) is 0 Å². The van der Waals surface area contributed by atoms with Crippen LogP contribution >= 0.6 is 0 Å². The van der Waals surface area contributed by atoms with E-state index in [9.17, 15) is 5.11 Å². The molecule has 1 aromatic carbocycles. The molecular weight excluding hydrogens is 324 g/mol. The number of aliphatic hydroxyl groups excluding tert-OH is 1. The van der Waals surface area contributed by atoms with Crippen LogP contribution in [0.3, 0.4) is 0 Å². The summed E-state index contributed by atoms with van der Waals surface area (Å²) in [6.07, 6.45) is 0.468. The van der Waals surface area contributed by atoms with E-state index >= 15 is 0 Å². The van der Waals surface area contributed by atoms with Crippen LogP contribution in [-0.2, 0) is 30.3 Å². The van der Waals surface area contributed by atoms with Crippen LogP contribution in [0.1, 0.15) is 26.3 Å². The Bertz CT molecular complexity index is 573. The molecule has 5 atom stereocenters. The average molecular weight is 350 g/mol. The van der Waals surface area contributed by atoms with E-state index in [2.05, 4.69) is 0 Å². The van der Waals surface area contributed by atoms with Gasteiger partial charge in [-0.15, -0.1) is 0 Å². The number of aliphatic hydroxyl groups is 1. The predicted molar refractivity (Wildman–Crippen MR) is 90.5 cm³/mol. The molecule has 0 saturated carbocycles. The average Bonchev–Trinajstić information content (AvgIpc) is 3.06. The van der Waals surface area contributed by atoms with Crippen molar-refractivity contribution in [3.05, 3.63) is 48.2 Å². The van der Waals surface area contributed by atoms with Crippen LogP contribution in [-0.4, -0.2) is 48.2 Å². The summed E-state index contributed by atoms with van der Waals surface area (Å²) in [5.74, 6) is -0.735. The van der Waals surface area contributed by atoms with Crippen LogP contribution in [0.15, 0.2) is 42.7 Å². The first kappa shape index (κ1) is 18.4. The van der Waals surface area contributed by atoms with Crippen LogP contribution in [0.2, 0.25) is 0 Å². The fraction of sp³-hybridized carbons (Fsp3) is 0.579. The number of allylic oxidation sites excluding steroid dienone is 1. The minimum absolute atomic E-state index is 0.114. The van der Waals surface area contributed by atoms with Gasteiger partial charge < -0.3 is 28.8 Å². The monoisotopic (exact) mass is 350 g/mol. The third kappa shape index (κ3) is 4.40. The molecule has 2 heterocycles. The third-order valence-electron chi connectivity index (χ3n) is 4.19. The van der Waals surface area contributed by atoms with Crippen LogP contribution in [0, 0.1) is 0 Å². The highest BCUT2D eigenvalue weighted by Crippen LogP contribution is 2.40. The van der Waals surface area contributed by atoms with Crippen molar-refractivity contribution in [3.63, 3.8) is 0 Å². The summed E-state index contributed by atoms with van der Waals surface area (Å²) in [5.41, 5.74) is 1.04. The summed E-state index contributed by atoms with van der Waals surface area (Å²) in [6.45, 7) is 6.04. The smallest absolute Gasteiger partial charge is 0.190 e. The van der Waals surface area contributed by atoms with Crippen LogP contribution in [0.25, 0.3) is 0 Å². The fourth-order valence-electron chi connectivity index (χ4n) is 3.12. The number of fused-ring (bicyclic) bond motifs is 1. The SMILES string of the molecule is C/C=C\OC[C@@H](O)[C@H]1O[C@@H]2OC(C)(C)O[C@@H]2[C@@H]1OCc1ccccc1. The van der Waals surface area contributed by atoms with Gasteiger partial charge >= 0.3 is 0 Å². The standard InChI is InChI=1S/C19H26O6/c1-4-10-21-12-14(20)15-16(22-11-13-8-6-5-7-9-13)17-18(23-15)25-19(2,3)24-17/h4-10,14-18,20H,11-12H2,1-3H3/b10-4-/t14-,15-,16-,17-,18-/m1/s1. The highest BCUT2D eigenvalue weighted by Gasteiger charge is 2.57. The summed E-state index contributed by atoms with van der Waals surface area (Å²) in [5, 5.41) is 10.5. The number of hydrogen-bond donors (Lipinski definition) is 1. The van der Waals surface area contributed by atoms with Crippen molar-refractivity contribution in [2.24, 2.45) is 0 Å². The molecule has 0 aliphatic carbocycles. The molecule has 2 aliphatic heterocycles. The maximum absolute atomic E-state index is 10.5. The molecule has 138 valence electrons. The first-order chi connectivity index (χ1) is 12.0. The first-order valence-corrected chi connectivity index (χ1v) is 8.57. The maximum atomic E-state index is 10.5. The molecule has 3 rings (SSSR count). The van der Waals surface area contributed by atoms with E-state index in [1.807, 2.05) is 51.1 Å². The summed E-state index contributed by atoms with van der Waals surface area (Å²) in [4.78, 5) is 0. The van der Waals surface area contributed by atoms with Gasteiger partial charge in [-0.1, -0.05) is 36.4 Å². The van der Waals surface area contributed by atoms with E-state index in [4.69, 9.17) is 23.7 Å². The Hall–Kier alpha value is -1.44.